The van der Waals surface area contributed by atoms with E-state index in [9.17, 15) is 13.2 Å². The standard InChI is InChI=1S/C18H22N6O3S2/c1-12-19-9-10-24(12)14-7-5-13(6-8-14)11-20-29(26,27)17-23-22-16(28-17)21-15(25)18(2,3)4/h5-10,20H,11H2,1-4H3,(H,21,22,25). The smallest absolute Gasteiger partial charge is 0.270 e. The van der Waals surface area contributed by atoms with Gasteiger partial charge in [-0.2, -0.15) is 0 Å². The Morgan fingerprint density at radius 2 is 1.86 bits per heavy atom. The van der Waals surface area contributed by atoms with Crippen molar-refractivity contribution in [3.63, 3.8) is 0 Å². The Kier molecular flexibility index (Phi) is 5.82. The van der Waals surface area contributed by atoms with Crippen LogP contribution in [0.4, 0.5) is 5.13 Å². The number of rotatable bonds is 6. The van der Waals surface area contributed by atoms with Crippen LogP contribution in [0.3, 0.4) is 0 Å². The van der Waals surface area contributed by atoms with Crippen LogP contribution in [0.5, 0.6) is 0 Å². The fourth-order valence-electron chi connectivity index (χ4n) is 2.32. The summed E-state index contributed by atoms with van der Waals surface area (Å²) in [5.74, 6) is 0.600. The Balaban J connectivity index is 1.64. The summed E-state index contributed by atoms with van der Waals surface area (Å²) in [6, 6.07) is 7.46. The minimum Gasteiger partial charge on any atom is -0.304 e. The number of sulfonamides is 1. The van der Waals surface area contributed by atoms with E-state index in [-0.39, 0.29) is 21.9 Å². The second-order valence-electron chi connectivity index (χ2n) is 7.41. The van der Waals surface area contributed by atoms with Crippen molar-refractivity contribution < 1.29 is 13.2 Å². The lowest BCUT2D eigenvalue weighted by molar-refractivity contribution is -0.123. The van der Waals surface area contributed by atoms with E-state index in [2.05, 4.69) is 25.2 Å². The molecule has 2 N–H and O–H groups in total. The second-order valence-corrected chi connectivity index (χ2v) is 10.3. The normalized spacial score (nSPS) is 12.1. The van der Waals surface area contributed by atoms with Crippen LogP contribution in [0.2, 0.25) is 0 Å². The number of nitrogens with one attached hydrogen (secondary N) is 2. The van der Waals surface area contributed by atoms with Crippen LogP contribution >= 0.6 is 11.3 Å². The van der Waals surface area contributed by atoms with Crippen LogP contribution < -0.4 is 10.0 Å². The molecule has 154 valence electrons. The maximum Gasteiger partial charge on any atom is 0.270 e. The van der Waals surface area contributed by atoms with Crippen molar-refractivity contribution in [3.05, 3.63) is 48.0 Å². The van der Waals surface area contributed by atoms with E-state index in [1.165, 1.54) is 0 Å². The summed E-state index contributed by atoms with van der Waals surface area (Å²) in [6.45, 7) is 7.27. The van der Waals surface area contributed by atoms with Gasteiger partial charge in [-0.05, 0) is 24.6 Å². The number of carbonyl (C=O) groups excluding carboxylic acids is 1. The molecule has 0 spiro atoms. The largest absolute Gasteiger partial charge is 0.304 e. The molecule has 0 aliphatic rings. The molecule has 0 unspecified atom stereocenters. The van der Waals surface area contributed by atoms with Gasteiger partial charge in [0.1, 0.15) is 5.82 Å². The first-order chi connectivity index (χ1) is 13.6. The van der Waals surface area contributed by atoms with Crippen LogP contribution in [0, 0.1) is 12.3 Å². The number of nitrogens with zero attached hydrogens (tertiary/aromatic N) is 4. The number of imidazole rings is 1. The zero-order chi connectivity index (χ0) is 21.2. The van der Waals surface area contributed by atoms with Crippen molar-refractivity contribution in [2.24, 2.45) is 5.41 Å². The number of carbonyl (C=O) groups is 1. The zero-order valence-corrected chi connectivity index (χ0v) is 18.1. The number of hydrogen-bond donors (Lipinski definition) is 2. The molecule has 0 atom stereocenters. The topological polar surface area (TPSA) is 119 Å². The molecule has 2 aromatic heterocycles. The average molecular weight is 435 g/mol. The number of aryl methyl sites for hydroxylation is 1. The van der Waals surface area contributed by atoms with E-state index in [0.717, 1.165) is 28.4 Å². The minimum absolute atomic E-state index is 0.106. The Bertz CT molecular complexity index is 1110. The molecule has 11 heteroatoms. The minimum atomic E-state index is -3.84. The van der Waals surface area contributed by atoms with Crippen LogP contribution in [-0.2, 0) is 21.4 Å². The highest BCUT2D eigenvalue weighted by Crippen LogP contribution is 2.23. The summed E-state index contributed by atoms with van der Waals surface area (Å²) in [6.07, 6.45) is 3.58. The van der Waals surface area contributed by atoms with Gasteiger partial charge in [0, 0.05) is 30.0 Å². The first-order valence-corrected chi connectivity index (χ1v) is 11.1. The van der Waals surface area contributed by atoms with E-state index in [4.69, 9.17) is 0 Å². The van der Waals surface area contributed by atoms with Gasteiger partial charge in [0.25, 0.3) is 10.0 Å². The van der Waals surface area contributed by atoms with Crippen molar-refractivity contribution in [2.75, 3.05) is 5.32 Å². The maximum atomic E-state index is 12.5. The molecule has 29 heavy (non-hydrogen) atoms. The number of hydrogen-bond acceptors (Lipinski definition) is 7. The highest BCUT2D eigenvalue weighted by atomic mass is 32.2. The van der Waals surface area contributed by atoms with Gasteiger partial charge in [0.05, 0.1) is 0 Å². The summed E-state index contributed by atoms with van der Waals surface area (Å²) in [7, 11) is -3.84. The van der Waals surface area contributed by atoms with Gasteiger partial charge in [-0.1, -0.05) is 44.2 Å². The maximum absolute atomic E-state index is 12.5. The first kappa shape index (κ1) is 21.1. The molecule has 0 saturated carbocycles. The highest BCUT2D eigenvalue weighted by molar-refractivity contribution is 7.91. The number of aromatic nitrogens is 4. The fraction of sp³-hybridized carbons (Fsp3) is 0.333. The Morgan fingerprint density at radius 1 is 1.17 bits per heavy atom. The van der Waals surface area contributed by atoms with Gasteiger partial charge in [-0.25, -0.2) is 18.1 Å². The van der Waals surface area contributed by atoms with Gasteiger partial charge >= 0.3 is 0 Å². The molecule has 1 aromatic carbocycles. The van der Waals surface area contributed by atoms with E-state index in [1.54, 1.807) is 27.0 Å². The van der Waals surface area contributed by atoms with E-state index < -0.39 is 15.4 Å². The summed E-state index contributed by atoms with van der Waals surface area (Å²) in [5.41, 5.74) is 1.11. The predicted molar refractivity (Wildman–Crippen MR) is 110 cm³/mol. The van der Waals surface area contributed by atoms with E-state index in [0.29, 0.717) is 0 Å². The van der Waals surface area contributed by atoms with E-state index >= 15 is 0 Å². The van der Waals surface area contributed by atoms with Crippen LogP contribution in [0.1, 0.15) is 32.2 Å². The lowest BCUT2D eigenvalue weighted by atomic mass is 9.96. The first-order valence-electron chi connectivity index (χ1n) is 8.80. The van der Waals surface area contributed by atoms with Crippen LogP contribution in [0.15, 0.2) is 41.0 Å². The molecule has 0 aliphatic heterocycles. The summed E-state index contributed by atoms with van der Waals surface area (Å²) < 4.78 is 29.2. The third kappa shape index (κ3) is 5.05. The third-order valence-electron chi connectivity index (χ3n) is 4.04. The highest BCUT2D eigenvalue weighted by Gasteiger charge is 2.25. The Hall–Kier alpha value is -2.63. The monoisotopic (exact) mass is 434 g/mol. The Labute approximate surface area is 173 Å². The molecule has 9 nitrogen and oxygen atoms in total. The van der Waals surface area contributed by atoms with Crippen molar-refractivity contribution in [3.8, 4) is 5.69 Å². The summed E-state index contributed by atoms with van der Waals surface area (Å²) >= 11 is 0.807. The predicted octanol–water partition coefficient (Wildman–Crippen LogP) is 2.50. The molecule has 0 fully saturated rings. The van der Waals surface area contributed by atoms with Gasteiger partial charge in [0.2, 0.25) is 15.4 Å². The summed E-state index contributed by atoms with van der Waals surface area (Å²) in [5, 5.41) is 10.2. The van der Waals surface area contributed by atoms with Crippen molar-refractivity contribution >= 4 is 32.4 Å². The quantitative estimate of drug-likeness (QED) is 0.576. The van der Waals surface area contributed by atoms with E-state index in [1.807, 2.05) is 42.0 Å². The molecule has 3 aromatic rings. The second kappa shape index (κ2) is 8.01. The molecule has 0 radical (unpaired) electrons. The average Bonchev–Trinajstić information content (AvgIpc) is 3.29. The van der Waals surface area contributed by atoms with Gasteiger partial charge in [0.15, 0.2) is 0 Å². The molecule has 1 amide bonds. The molecule has 0 saturated heterocycles. The number of anilines is 1. The fourth-order valence-corrected chi connectivity index (χ4v) is 4.27. The van der Waals surface area contributed by atoms with Gasteiger partial charge in [-0.3, -0.25) is 4.79 Å². The molecular formula is C18H22N6O3S2. The number of benzene rings is 1. The third-order valence-corrected chi connectivity index (χ3v) is 6.65. The lowest BCUT2D eigenvalue weighted by Gasteiger charge is -2.15. The van der Waals surface area contributed by atoms with Crippen molar-refractivity contribution in [2.45, 2.75) is 38.6 Å². The van der Waals surface area contributed by atoms with Crippen LogP contribution in [0.25, 0.3) is 5.69 Å². The summed E-state index contributed by atoms with van der Waals surface area (Å²) in [4.78, 5) is 16.2. The lowest BCUT2D eigenvalue weighted by Crippen LogP contribution is -2.27. The van der Waals surface area contributed by atoms with Crippen LogP contribution in [-0.4, -0.2) is 34.1 Å². The Morgan fingerprint density at radius 3 is 2.45 bits per heavy atom. The molecule has 0 aliphatic carbocycles. The SMILES string of the molecule is Cc1nccn1-c1ccc(CNS(=O)(=O)c2nnc(NC(=O)C(C)(C)C)s2)cc1. The van der Waals surface area contributed by atoms with Gasteiger partial charge < -0.3 is 9.88 Å². The zero-order valence-electron chi connectivity index (χ0n) is 16.5. The molecule has 2 heterocycles. The van der Waals surface area contributed by atoms with Crippen molar-refractivity contribution in [1.29, 1.82) is 0 Å². The van der Waals surface area contributed by atoms with Crippen molar-refractivity contribution in [1.82, 2.24) is 24.5 Å². The molecular weight excluding hydrogens is 412 g/mol. The molecule has 0 bridgehead atoms. The molecule has 3 rings (SSSR count). The van der Waals surface area contributed by atoms with Gasteiger partial charge in [-0.15, -0.1) is 10.2 Å². The number of amides is 1.